The first-order valence-electron chi connectivity index (χ1n) is 29.1. The van der Waals surface area contributed by atoms with Crippen LogP contribution in [0, 0.1) is 0 Å². The molecule has 84 heavy (non-hydrogen) atoms. The van der Waals surface area contributed by atoms with Crippen LogP contribution < -0.4 is 14.4 Å². The van der Waals surface area contributed by atoms with E-state index >= 15 is 0 Å². The Hall–Kier alpha value is -10.7. The highest BCUT2D eigenvalue weighted by Gasteiger charge is 2.53. The molecule has 392 valence electrons. The molecule has 0 aromatic heterocycles. The first kappa shape index (κ1) is 47.0. The predicted molar refractivity (Wildman–Crippen MR) is 339 cm³/mol. The minimum atomic E-state index is -0.653. The van der Waals surface area contributed by atoms with E-state index in [-0.39, 0.29) is 0 Å². The number of fused-ring (bicyclic) bond motifs is 21. The van der Waals surface area contributed by atoms with Crippen LogP contribution in [-0.4, -0.2) is 0 Å². The second kappa shape index (κ2) is 17.6. The standard InChI is InChI=1S/C81H51NO2/c1-3-23-54(24-4-1)79(55-25-5-2-6-26-55)65-31-10-7-28-59(65)62-45-42-53(49-73(62)79)52-22-21-27-56(48-52)82(57-44-47-68-64(50-57)61-30-9-12-33-67(61)80(68)69-34-13-17-38-75(69)83-76-39-18-14-35-70(76)80)58-43-46-63-60-29-8-11-32-66(60)81(74(63)51-58)71-36-15-19-40-77(71)84-78-41-20-16-37-72(78)81/h1-51H. The number of anilines is 3. The largest absolute Gasteiger partial charge is 0.457 e. The lowest BCUT2D eigenvalue weighted by Gasteiger charge is -2.40. The summed E-state index contributed by atoms with van der Waals surface area (Å²) in [7, 11) is 0. The van der Waals surface area contributed by atoms with E-state index in [9.17, 15) is 0 Å². The summed E-state index contributed by atoms with van der Waals surface area (Å²) in [6.45, 7) is 0. The van der Waals surface area contributed by atoms with E-state index in [0.29, 0.717) is 0 Å². The number of nitrogens with zero attached hydrogens (tertiary/aromatic N) is 1. The Bertz CT molecular complexity index is 4750. The van der Waals surface area contributed by atoms with Gasteiger partial charge >= 0.3 is 0 Å². The van der Waals surface area contributed by atoms with Gasteiger partial charge in [0.2, 0.25) is 0 Å². The van der Waals surface area contributed by atoms with Gasteiger partial charge in [0, 0.05) is 39.3 Å². The van der Waals surface area contributed by atoms with Gasteiger partial charge in [0.15, 0.2) is 0 Å². The molecule has 18 rings (SSSR count). The van der Waals surface area contributed by atoms with Crippen LogP contribution in [0.25, 0.3) is 44.5 Å². The Labute approximate surface area is 488 Å². The zero-order valence-corrected chi connectivity index (χ0v) is 45.7. The molecule has 13 aromatic carbocycles. The van der Waals surface area contributed by atoms with Gasteiger partial charge in [-0.25, -0.2) is 0 Å². The predicted octanol–water partition coefficient (Wildman–Crippen LogP) is 20.1. The van der Waals surface area contributed by atoms with Crippen LogP contribution in [0.2, 0.25) is 0 Å². The van der Waals surface area contributed by atoms with Gasteiger partial charge in [-0.05, 0) is 156 Å². The Balaban J connectivity index is 0.879. The topological polar surface area (TPSA) is 21.7 Å². The van der Waals surface area contributed by atoms with Crippen LogP contribution in [0.1, 0.15) is 66.8 Å². The lowest BCUT2D eigenvalue weighted by molar-refractivity contribution is 0.436. The summed E-state index contributed by atoms with van der Waals surface area (Å²) in [6.07, 6.45) is 0. The Morgan fingerprint density at radius 2 is 0.560 bits per heavy atom. The normalized spacial score (nSPS) is 14.7. The molecule has 0 N–H and O–H groups in total. The Kier molecular flexibility index (Phi) is 9.86. The average Bonchev–Trinajstić information content (AvgIpc) is 2.53. The van der Waals surface area contributed by atoms with E-state index < -0.39 is 16.2 Å². The molecule has 2 aliphatic heterocycles. The van der Waals surface area contributed by atoms with Gasteiger partial charge < -0.3 is 14.4 Å². The molecule has 0 fully saturated rings. The number of hydrogen-bond donors (Lipinski definition) is 0. The van der Waals surface area contributed by atoms with Crippen molar-refractivity contribution >= 4 is 17.1 Å². The molecule has 0 amide bonds. The Morgan fingerprint density at radius 1 is 0.202 bits per heavy atom. The summed E-state index contributed by atoms with van der Waals surface area (Å²) in [4.78, 5) is 2.50. The first-order valence-corrected chi connectivity index (χ1v) is 29.1. The summed E-state index contributed by atoms with van der Waals surface area (Å²) >= 11 is 0. The number of ether oxygens (including phenoxy) is 2. The fourth-order valence-corrected chi connectivity index (χ4v) is 15.9. The van der Waals surface area contributed by atoms with E-state index in [1.165, 1.54) is 77.9 Å². The summed E-state index contributed by atoms with van der Waals surface area (Å²) in [6, 6.07) is 115. The average molecular weight is 1070 g/mol. The maximum absolute atomic E-state index is 6.82. The molecule has 13 aromatic rings. The maximum atomic E-state index is 6.82. The van der Waals surface area contributed by atoms with Crippen molar-refractivity contribution in [1.82, 2.24) is 0 Å². The van der Waals surface area contributed by atoms with Gasteiger partial charge in [0.05, 0.1) is 16.2 Å². The quantitative estimate of drug-likeness (QED) is 0.166. The van der Waals surface area contributed by atoms with Crippen LogP contribution in [0.5, 0.6) is 23.0 Å². The van der Waals surface area contributed by atoms with Gasteiger partial charge in [-0.15, -0.1) is 0 Å². The molecule has 0 bridgehead atoms. The number of hydrogen-bond acceptors (Lipinski definition) is 3. The van der Waals surface area contributed by atoms with E-state index in [1.807, 2.05) is 0 Å². The minimum absolute atomic E-state index is 0.531. The van der Waals surface area contributed by atoms with Crippen molar-refractivity contribution in [3.05, 3.63) is 376 Å². The van der Waals surface area contributed by atoms with Crippen LogP contribution in [0.4, 0.5) is 17.1 Å². The molecule has 3 aliphatic carbocycles. The molecule has 0 unspecified atom stereocenters. The van der Waals surface area contributed by atoms with E-state index in [1.54, 1.807) is 0 Å². The highest BCUT2D eigenvalue weighted by molar-refractivity contribution is 5.95. The molecular weight excluding hydrogens is 1020 g/mol. The summed E-state index contributed by atoms with van der Waals surface area (Å²) in [5, 5.41) is 0. The van der Waals surface area contributed by atoms with E-state index in [4.69, 9.17) is 9.47 Å². The number of benzene rings is 13. The second-order valence-electron chi connectivity index (χ2n) is 22.9. The Morgan fingerprint density at radius 3 is 1.10 bits per heavy atom. The number of rotatable bonds is 6. The third-order valence-electron chi connectivity index (χ3n) is 19.1. The molecule has 0 radical (unpaired) electrons. The molecule has 5 aliphatic rings. The summed E-state index contributed by atoms with van der Waals surface area (Å²) < 4.78 is 13.6. The maximum Gasteiger partial charge on any atom is 0.132 e. The van der Waals surface area contributed by atoms with Crippen LogP contribution in [0.3, 0.4) is 0 Å². The molecule has 3 heteroatoms. The highest BCUT2D eigenvalue weighted by Crippen LogP contribution is 2.65. The smallest absolute Gasteiger partial charge is 0.132 e. The van der Waals surface area contributed by atoms with E-state index in [2.05, 4.69) is 314 Å². The van der Waals surface area contributed by atoms with Crippen molar-refractivity contribution in [3.8, 4) is 67.5 Å². The van der Waals surface area contributed by atoms with Gasteiger partial charge in [-0.2, -0.15) is 0 Å². The van der Waals surface area contributed by atoms with E-state index in [0.717, 1.165) is 73.4 Å². The lowest BCUT2D eigenvalue weighted by Crippen LogP contribution is -2.32. The lowest BCUT2D eigenvalue weighted by atomic mass is 9.66. The minimum Gasteiger partial charge on any atom is -0.457 e. The zero-order valence-electron chi connectivity index (χ0n) is 45.7. The monoisotopic (exact) mass is 1070 g/mol. The SMILES string of the molecule is c1ccc(C2(c3ccccc3)c3ccccc3-c3ccc(-c4cccc(N(c5ccc6c(c5)-c5ccccc5C65c6ccccc6Oc6ccccc65)c5ccc6c(c5)C5(c7ccccc7Oc7ccccc75)c5ccccc5-6)c4)cc32)cc1. The van der Waals surface area contributed by atoms with Gasteiger partial charge in [0.25, 0.3) is 0 Å². The molecule has 0 saturated carbocycles. The molecular formula is C81H51NO2. The second-order valence-corrected chi connectivity index (χ2v) is 22.9. The molecule has 2 heterocycles. The fraction of sp³-hybridized carbons (Fsp3) is 0.0370. The van der Waals surface area contributed by atoms with Crippen molar-refractivity contribution in [1.29, 1.82) is 0 Å². The molecule has 2 spiro atoms. The van der Waals surface area contributed by atoms with Crippen LogP contribution in [-0.2, 0) is 16.2 Å². The highest BCUT2D eigenvalue weighted by atomic mass is 16.5. The fourth-order valence-electron chi connectivity index (χ4n) is 15.9. The van der Waals surface area contributed by atoms with Crippen LogP contribution >= 0.6 is 0 Å². The van der Waals surface area contributed by atoms with Gasteiger partial charge in [0.1, 0.15) is 23.0 Å². The molecule has 0 atom stereocenters. The van der Waals surface area contributed by atoms with Crippen molar-refractivity contribution in [3.63, 3.8) is 0 Å². The summed E-state index contributed by atoms with van der Waals surface area (Å²) in [5.74, 6) is 3.51. The van der Waals surface area contributed by atoms with Crippen molar-refractivity contribution < 1.29 is 9.47 Å². The van der Waals surface area contributed by atoms with Crippen molar-refractivity contribution in [2.45, 2.75) is 16.2 Å². The summed E-state index contributed by atoms with van der Waals surface area (Å²) in [5.41, 5.74) is 25.7. The van der Waals surface area contributed by atoms with Gasteiger partial charge in [-0.1, -0.05) is 243 Å². The third-order valence-corrected chi connectivity index (χ3v) is 19.1. The first-order chi connectivity index (χ1) is 41.6. The van der Waals surface area contributed by atoms with Gasteiger partial charge in [-0.3, -0.25) is 0 Å². The van der Waals surface area contributed by atoms with Crippen molar-refractivity contribution in [2.24, 2.45) is 0 Å². The zero-order chi connectivity index (χ0) is 55.1. The third kappa shape index (κ3) is 6.15. The molecule has 3 nitrogen and oxygen atoms in total. The number of para-hydroxylation sites is 4. The molecule has 0 saturated heterocycles. The van der Waals surface area contributed by atoms with Crippen LogP contribution in [0.15, 0.2) is 309 Å². The van der Waals surface area contributed by atoms with Crippen molar-refractivity contribution in [2.75, 3.05) is 4.90 Å².